The molecular weight excluding hydrogens is 175 g/mol. The van der Waals surface area contributed by atoms with Crippen LogP contribution in [0.15, 0.2) is 0 Å². The Bertz CT molecular complexity index is 36.0. The molecule has 0 heterocycles. The van der Waals surface area contributed by atoms with Crippen molar-refractivity contribution in [3.05, 3.63) is 0 Å². The van der Waals surface area contributed by atoms with E-state index in [9.17, 15) is 0 Å². The Hall–Kier alpha value is 0.942. The third-order valence-corrected chi connectivity index (χ3v) is 0. The quantitative estimate of drug-likeness (QED) is 0.343. The normalized spacial score (nSPS) is 2.67. The first kappa shape index (κ1) is 51.2. The fourth-order valence-electron chi connectivity index (χ4n) is 0. The van der Waals surface area contributed by atoms with Gasteiger partial charge in [-0.2, -0.15) is 0 Å². The monoisotopic (exact) mass is 184 g/mol. The van der Waals surface area contributed by atoms with Crippen LogP contribution in [0.25, 0.3) is 0 Å². The van der Waals surface area contributed by atoms with Crippen LogP contribution in [0.2, 0.25) is 0 Å². The number of hydrogen-bond donors (Lipinski definition) is 0. The van der Waals surface area contributed by atoms with E-state index in [1.807, 2.05) is 0 Å². The molecule has 0 saturated carbocycles. The Kier molecular flexibility index (Phi) is 206. The van der Waals surface area contributed by atoms with E-state index in [2.05, 4.69) is 0 Å². The van der Waals surface area contributed by atoms with E-state index < -0.39 is 6.16 Å². The van der Waals surface area contributed by atoms with Crippen LogP contribution in [-0.4, -0.2) is 77.7 Å². The van der Waals surface area contributed by atoms with Gasteiger partial charge in [0.25, 0.3) is 0 Å². The molecule has 0 radical (unpaired) electrons. The van der Waals surface area contributed by atoms with Gasteiger partial charge in [-0.25, -0.2) is 0 Å². The Morgan fingerprint density at radius 1 is 1.00 bits per heavy atom. The largest absolute Gasteiger partial charge is 2.00 e. The van der Waals surface area contributed by atoms with Crippen molar-refractivity contribution in [2.24, 2.45) is 0 Å². The molecule has 8 heteroatoms. The first-order valence-corrected chi connectivity index (χ1v) is 0.612. The maximum absolute atomic E-state index is 8.33. The van der Waals surface area contributed by atoms with E-state index in [1.165, 1.54) is 0 Å². The molecule has 0 amide bonds. The van der Waals surface area contributed by atoms with Crippen LogP contribution in [0, 0.1) is 0 Å². The minimum Gasteiger partial charge on any atom is -0.652 e. The molecule has 0 spiro atoms. The predicted molar refractivity (Wildman–Crippen MR) is 31.9 cm³/mol. The maximum atomic E-state index is 8.33. The summed E-state index contributed by atoms with van der Waals surface area (Å²) in [4.78, 5) is 8.33. The van der Waals surface area contributed by atoms with Crippen molar-refractivity contribution in [1.29, 1.82) is 0 Å². The molecule has 0 aromatic rings. The van der Waals surface area contributed by atoms with Crippen LogP contribution >= 0.6 is 0 Å². The van der Waals surface area contributed by atoms with Gasteiger partial charge < -0.3 is 31.4 Å². The molecule has 0 aromatic carbocycles. The third-order valence-electron chi connectivity index (χ3n) is 0. The second kappa shape index (κ2) is 36.3. The topological polar surface area (TPSA) is 158 Å². The molecule has 54 valence electrons. The van der Waals surface area contributed by atoms with Gasteiger partial charge in [0, 0.05) is 0 Å². The average molecular weight is 184 g/mol. The Morgan fingerprint density at radius 3 is 1.00 bits per heavy atom. The molecule has 0 aliphatic rings. The van der Waals surface area contributed by atoms with Gasteiger partial charge in [-0.1, -0.05) is 0 Å². The molecule has 0 aliphatic heterocycles. The first-order chi connectivity index (χ1) is 1.73. The third kappa shape index (κ3) is 485. The van der Waals surface area contributed by atoms with Crippen molar-refractivity contribution in [3.63, 3.8) is 0 Å². The van der Waals surface area contributed by atoms with Crippen LogP contribution in [0.4, 0.5) is 4.79 Å². The molecule has 6 N–H and O–H groups in total. The molecule has 0 aliphatic carbocycles. The fraction of sp³-hybridized carbons (Fsp3) is 0. The Balaban J connectivity index is -0.00000000450. The van der Waals surface area contributed by atoms with Gasteiger partial charge in [0.2, 0.25) is 0 Å². The van der Waals surface area contributed by atoms with Crippen molar-refractivity contribution < 1.29 is 31.4 Å². The van der Waals surface area contributed by atoms with Gasteiger partial charge in [0.15, 0.2) is 17.4 Å². The van der Waals surface area contributed by atoms with Crippen LogP contribution in [-0.2, 0) is 0 Å². The summed E-state index contributed by atoms with van der Waals surface area (Å²) in [6.45, 7) is 0. The van der Waals surface area contributed by atoms with Crippen molar-refractivity contribution >= 4 is 61.3 Å². The van der Waals surface area contributed by atoms with Crippen molar-refractivity contribution in [2.75, 3.05) is 0 Å². The zero-order chi connectivity index (χ0) is 3.58. The maximum Gasteiger partial charge on any atom is 2.00 e. The predicted octanol–water partition coefficient (Wildman–Crippen LogP) is -6.49. The van der Waals surface area contributed by atoms with Crippen molar-refractivity contribution in [2.45, 2.75) is 0 Å². The van der Waals surface area contributed by atoms with Crippen LogP contribution < -0.4 is 10.2 Å². The average Bonchev–Trinajstić information content (AvgIpc) is 0.811. The summed E-state index contributed by atoms with van der Waals surface area (Å²) in [6.07, 6.45) is -2.33. The van der Waals surface area contributed by atoms with Gasteiger partial charge >= 0.3 is 37.7 Å². The van der Waals surface area contributed by atoms with Crippen LogP contribution in [0.5, 0.6) is 0 Å². The SMILES string of the molecule is O.O.O.O=C([O-])[O-].[AlH3].[Ca+2]. The number of rotatable bonds is 0. The second-order valence-electron chi connectivity index (χ2n) is 0.250. The minimum absolute atomic E-state index is 0. The zero-order valence-corrected chi connectivity index (χ0v) is 6.14. The zero-order valence-electron chi connectivity index (χ0n) is 3.93. The van der Waals surface area contributed by atoms with Crippen molar-refractivity contribution in [3.8, 4) is 0 Å². The molecule has 0 aromatic heterocycles. The van der Waals surface area contributed by atoms with E-state index in [4.69, 9.17) is 15.0 Å². The summed E-state index contributed by atoms with van der Waals surface area (Å²) in [5.41, 5.74) is 0. The Morgan fingerprint density at radius 2 is 1.00 bits per heavy atom. The number of carbonyl (C=O) groups is 1. The Labute approximate surface area is 91.9 Å². The van der Waals surface area contributed by atoms with E-state index in [0.29, 0.717) is 0 Å². The number of carboxylic acid groups (broad SMARTS) is 2. The van der Waals surface area contributed by atoms with E-state index in [0.717, 1.165) is 0 Å². The van der Waals surface area contributed by atoms with Gasteiger partial charge in [-0.05, 0) is 6.16 Å². The fourth-order valence-corrected chi connectivity index (χ4v) is 0. The molecule has 0 saturated heterocycles. The first-order valence-electron chi connectivity index (χ1n) is 0.612. The minimum atomic E-state index is -2.33. The number of carbonyl (C=O) groups excluding carboxylic acids is 1. The standard InChI is InChI=1S/CH2O3.Al.Ca.3H2O.3H/c2-1(3)4;;;;;;;;/h(H2,2,3,4);;;3*1H2;;;/q;;+2;;;;;;/p-2. The summed E-state index contributed by atoms with van der Waals surface area (Å²) in [5, 5.41) is 16.7. The van der Waals surface area contributed by atoms with E-state index in [-0.39, 0.29) is 71.5 Å². The van der Waals surface area contributed by atoms with E-state index >= 15 is 0 Å². The van der Waals surface area contributed by atoms with Crippen molar-refractivity contribution in [1.82, 2.24) is 0 Å². The summed E-state index contributed by atoms with van der Waals surface area (Å²) in [7, 11) is 0. The summed E-state index contributed by atoms with van der Waals surface area (Å²) >= 11 is 0. The smallest absolute Gasteiger partial charge is 0.652 e. The second-order valence-corrected chi connectivity index (χ2v) is 0.250. The molecule has 0 unspecified atom stereocenters. The molecule has 0 rings (SSSR count). The van der Waals surface area contributed by atoms with Gasteiger partial charge in [0.1, 0.15) is 0 Å². The summed E-state index contributed by atoms with van der Waals surface area (Å²) < 4.78 is 0. The molecule has 0 atom stereocenters. The molecule has 0 fully saturated rings. The summed E-state index contributed by atoms with van der Waals surface area (Å²) in [6, 6.07) is 0. The molecule has 0 bridgehead atoms. The van der Waals surface area contributed by atoms with Crippen LogP contribution in [0.1, 0.15) is 0 Å². The molecule has 6 nitrogen and oxygen atoms in total. The van der Waals surface area contributed by atoms with Crippen LogP contribution in [0.3, 0.4) is 0 Å². The van der Waals surface area contributed by atoms with Gasteiger partial charge in [-0.3, -0.25) is 0 Å². The van der Waals surface area contributed by atoms with Gasteiger partial charge in [-0.15, -0.1) is 0 Å². The molecular formula is CH9AlCaO6. The summed E-state index contributed by atoms with van der Waals surface area (Å²) in [5.74, 6) is 0. The molecule has 9 heavy (non-hydrogen) atoms. The number of hydrogen-bond acceptors (Lipinski definition) is 3. The van der Waals surface area contributed by atoms with E-state index in [1.54, 1.807) is 0 Å². The van der Waals surface area contributed by atoms with Gasteiger partial charge in [0.05, 0.1) is 0 Å².